The molecule has 6 heteroatoms. The molecule has 0 saturated carbocycles. The summed E-state index contributed by atoms with van der Waals surface area (Å²) in [5.41, 5.74) is 6.63. The predicted molar refractivity (Wildman–Crippen MR) is 72.1 cm³/mol. The lowest BCUT2D eigenvalue weighted by Crippen LogP contribution is -2.17. The van der Waals surface area contributed by atoms with Gasteiger partial charge in [0.1, 0.15) is 0 Å². The Morgan fingerprint density at radius 3 is 2.82 bits per heavy atom. The van der Waals surface area contributed by atoms with E-state index in [4.69, 9.17) is 5.73 Å². The number of hydrogen-bond acceptors (Lipinski definition) is 5. The summed E-state index contributed by atoms with van der Waals surface area (Å²) in [6.07, 6.45) is 0. The summed E-state index contributed by atoms with van der Waals surface area (Å²) in [6, 6.07) is 4.02. The number of nitrogen functional groups attached to an aromatic ring is 1. The maximum Gasteiger partial charge on any atom is 0.217 e. The van der Waals surface area contributed by atoms with E-state index >= 15 is 0 Å². The van der Waals surface area contributed by atoms with Crippen molar-refractivity contribution in [3.63, 3.8) is 0 Å². The highest BCUT2D eigenvalue weighted by molar-refractivity contribution is 7.17. The van der Waals surface area contributed by atoms with Gasteiger partial charge in [-0.05, 0) is 19.1 Å². The SMILES string of the molecule is CC(=O)NCc1ccc(-c2nc(N)sc2C)s1. The average molecular weight is 267 g/mol. The lowest BCUT2D eigenvalue weighted by molar-refractivity contribution is -0.119. The molecule has 4 nitrogen and oxygen atoms in total. The molecule has 0 unspecified atom stereocenters. The van der Waals surface area contributed by atoms with Crippen LogP contribution in [0.3, 0.4) is 0 Å². The van der Waals surface area contributed by atoms with Crippen molar-refractivity contribution in [3.8, 4) is 10.6 Å². The maximum absolute atomic E-state index is 10.8. The van der Waals surface area contributed by atoms with Crippen LogP contribution in [0.25, 0.3) is 10.6 Å². The van der Waals surface area contributed by atoms with Crippen LogP contribution < -0.4 is 11.1 Å². The minimum Gasteiger partial charge on any atom is -0.375 e. The van der Waals surface area contributed by atoms with E-state index in [2.05, 4.69) is 10.3 Å². The molecule has 0 atom stereocenters. The van der Waals surface area contributed by atoms with Gasteiger partial charge in [0, 0.05) is 16.7 Å². The first-order chi connectivity index (χ1) is 8.06. The third kappa shape index (κ3) is 2.83. The van der Waals surface area contributed by atoms with Gasteiger partial charge in [-0.25, -0.2) is 4.98 Å². The van der Waals surface area contributed by atoms with Gasteiger partial charge in [0.2, 0.25) is 5.91 Å². The zero-order chi connectivity index (χ0) is 12.4. The van der Waals surface area contributed by atoms with E-state index < -0.39 is 0 Å². The Morgan fingerprint density at radius 1 is 1.47 bits per heavy atom. The van der Waals surface area contributed by atoms with E-state index in [0.717, 1.165) is 20.3 Å². The number of nitrogens with one attached hydrogen (secondary N) is 1. The molecule has 90 valence electrons. The maximum atomic E-state index is 10.8. The number of nitrogens with two attached hydrogens (primary N) is 1. The molecule has 0 aliphatic rings. The third-order valence-electron chi connectivity index (χ3n) is 2.22. The largest absolute Gasteiger partial charge is 0.375 e. The van der Waals surface area contributed by atoms with Crippen LogP contribution in [0.4, 0.5) is 5.13 Å². The number of amides is 1. The number of carbonyl (C=O) groups excluding carboxylic acids is 1. The van der Waals surface area contributed by atoms with Crippen molar-refractivity contribution in [2.45, 2.75) is 20.4 Å². The molecule has 0 bridgehead atoms. The van der Waals surface area contributed by atoms with Gasteiger partial charge >= 0.3 is 0 Å². The highest BCUT2D eigenvalue weighted by atomic mass is 32.1. The second-order valence-electron chi connectivity index (χ2n) is 3.63. The van der Waals surface area contributed by atoms with Gasteiger partial charge < -0.3 is 11.1 Å². The predicted octanol–water partition coefficient (Wildman–Crippen LogP) is 2.40. The molecule has 0 aromatic carbocycles. The van der Waals surface area contributed by atoms with E-state index in [1.165, 1.54) is 18.3 Å². The Morgan fingerprint density at radius 2 is 2.24 bits per heavy atom. The molecule has 0 radical (unpaired) electrons. The van der Waals surface area contributed by atoms with E-state index in [1.54, 1.807) is 11.3 Å². The molecule has 2 heterocycles. The summed E-state index contributed by atoms with van der Waals surface area (Å²) in [6.45, 7) is 4.09. The highest BCUT2D eigenvalue weighted by Gasteiger charge is 2.10. The number of thiophene rings is 1. The first-order valence-electron chi connectivity index (χ1n) is 5.12. The summed E-state index contributed by atoms with van der Waals surface area (Å²) >= 11 is 3.12. The summed E-state index contributed by atoms with van der Waals surface area (Å²) < 4.78 is 0. The third-order valence-corrected chi connectivity index (χ3v) is 4.11. The Hall–Kier alpha value is -1.40. The molecular formula is C11H13N3OS2. The standard InChI is InChI=1S/C11H13N3OS2/c1-6-10(14-11(12)16-6)9-4-3-8(17-9)5-13-7(2)15/h3-4H,5H2,1-2H3,(H2,12,14)(H,13,15). The van der Waals surface area contributed by atoms with Crippen LogP contribution in [0.2, 0.25) is 0 Å². The number of hydrogen-bond donors (Lipinski definition) is 2. The number of aromatic nitrogens is 1. The fraction of sp³-hybridized carbons (Fsp3) is 0.273. The van der Waals surface area contributed by atoms with Gasteiger partial charge in [0.25, 0.3) is 0 Å². The van der Waals surface area contributed by atoms with Gasteiger partial charge in [-0.1, -0.05) is 0 Å². The molecule has 0 saturated heterocycles. The van der Waals surface area contributed by atoms with E-state index in [0.29, 0.717) is 11.7 Å². The first kappa shape index (κ1) is 12.1. The van der Waals surface area contributed by atoms with E-state index in [9.17, 15) is 4.79 Å². The molecule has 2 aromatic rings. The molecule has 0 aliphatic carbocycles. The number of thiazole rings is 1. The summed E-state index contributed by atoms with van der Waals surface area (Å²) in [4.78, 5) is 18.5. The number of carbonyl (C=O) groups is 1. The van der Waals surface area contributed by atoms with E-state index in [-0.39, 0.29) is 5.91 Å². The summed E-state index contributed by atoms with van der Waals surface area (Å²) in [5, 5.41) is 3.37. The second-order valence-corrected chi connectivity index (χ2v) is 6.04. The lowest BCUT2D eigenvalue weighted by Gasteiger charge is -1.97. The normalized spacial score (nSPS) is 10.5. The Balaban J connectivity index is 2.18. The zero-order valence-electron chi connectivity index (χ0n) is 9.61. The van der Waals surface area contributed by atoms with Crippen LogP contribution in [-0.4, -0.2) is 10.9 Å². The van der Waals surface area contributed by atoms with Gasteiger partial charge in [-0.3, -0.25) is 4.79 Å². The van der Waals surface area contributed by atoms with Crippen molar-refractivity contribution < 1.29 is 4.79 Å². The van der Waals surface area contributed by atoms with Crippen LogP contribution in [-0.2, 0) is 11.3 Å². The number of aryl methyl sites for hydroxylation is 1. The molecule has 0 aliphatic heterocycles. The quantitative estimate of drug-likeness (QED) is 0.897. The first-order valence-corrected chi connectivity index (χ1v) is 6.76. The van der Waals surface area contributed by atoms with Crippen molar-refractivity contribution in [2.24, 2.45) is 0 Å². The van der Waals surface area contributed by atoms with Gasteiger partial charge in [-0.15, -0.1) is 22.7 Å². The van der Waals surface area contributed by atoms with Gasteiger partial charge in [-0.2, -0.15) is 0 Å². The Labute approximate surface area is 107 Å². The fourth-order valence-corrected chi connectivity index (χ4v) is 3.22. The van der Waals surface area contributed by atoms with Crippen LogP contribution in [0.15, 0.2) is 12.1 Å². The molecular weight excluding hydrogens is 254 g/mol. The molecule has 0 fully saturated rings. The van der Waals surface area contributed by atoms with Crippen molar-refractivity contribution in [1.29, 1.82) is 0 Å². The molecule has 17 heavy (non-hydrogen) atoms. The number of rotatable bonds is 3. The smallest absolute Gasteiger partial charge is 0.217 e. The van der Waals surface area contributed by atoms with E-state index in [1.807, 2.05) is 19.1 Å². The van der Waals surface area contributed by atoms with Crippen molar-refractivity contribution in [1.82, 2.24) is 10.3 Å². The van der Waals surface area contributed by atoms with Crippen LogP contribution in [0.5, 0.6) is 0 Å². The monoisotopic (exact) mass is 267 g/mol. The Kier molecular flexibility index (Phi) is 3.44. The highest BCUT2D eigenvalue weighted by Crippen LogP contribution is 2.33. The summed E-state index contributed by atoms with van der Waals surface area (Å²) in [5.74, 6) is -0.0194. The Bertz CT molecular complexity index is 545. The molecule has 2 rings (SSSR count). The second kappa shape index (κ2) is 4.85. The van der Waals surface area contributed by atoms with Crippen LogP contribution in [0, 0.1) is 6.92 Å². The lowest BCUT2D eigenvalue weighted by atomic mass is 10.3. The van der Waals surface area contributed by atoms with Gasteiger partial charge in [0.15, 0.2) is 5.13 Å². The topological polar surface area (TPSA) is 68.0 Å². The molecule has 2 aromatic heterocycles. The van der Waals surface area contributed by atoms with Gasteiger partial charge in [0.05, 0.1) is 17.1 Å². The summed E-state index contributed by atoms with van der Waals surface area (Å²) in [7, 11) is 0. The average Bonchev–Trinajstić information content (AvgIpc) is 2.82. The molecule has 3 N–H and O–H groups in total. The van der Waals surface area contributed by atoms with Crippen molar-refractivity contribution in [2.75, 3.05) is 5.73 Å². The fourth-order valence-electron chi connectivity index (χ4n) is 1.46. The van der Waals surface area contributed by atoms with Crippen molar-refractivity contribution in [3.05, 3.63) is 21.9 Å². The minimum absolute atomic E-state index is 0.0194. The molecule has 0 spiro atoms. The molecule has 1 amide bonds. The number of nitrogens with zero attached hydrogens (tertiary/aromatic N) is 1. The van der Waals surface area contributed by atoms with Crippen molar-refractivity contribution >= 4 is 33.7 Å². The van der Waals surface area contributed by atoms with Crippen LogP contribution in [0.1, 0.15) is 16.7 Å². The van der Waals surface area contributed by atoms with Crippen LogP contribution >= 0.6 is 22.7 Å². The zero-order valence-corrected chi connectivity index (χ0v) is 11.2. The minimum atomic E-state index is -0.0194. The number of anilines is 1.